The van der Waals surface area contributed by atoms with E-state index in [0.717, 1.165) is 13.8 Å². The van der Waals surface area contributed by atoms with Crippen molar-refractivity contribution in [2.75, 3.05) is 13.7 Å². The minimum atomic E-state index is -4.45. The molecule has 0 fully saturated rings. The van der Waals surface area contributed by atoms with E-state index in [4.69, 9.17) is 9.84 Å². The lowest BCUT2D eigenvalue weighted by Gasteiger charge is -2.29. The lowest BCUT2D eigenvalue weighted by atomic mass is 9.88. The molecular formula is C16H20F3NO4. The summed E-state index contributed by atoms with van der Waals surface area (Å²) < 4.78 is 43.5. The number of hydrogen-bond acceptors (Lipinski definition) is 3. The van der Waals surface area contributed by atoms with Gasteiger partial charge >= 0.3 is 12.1 Å². The average molecular weight is 347 g/mol. The average Bonchev–Trinajstić information content (AvgIpc) is 2.44. The largest absolute Gasteiger partial charge is 0.482 e. The van der Waals surface area contributed by atoms with Crippen molar-refractivity contribution in [2.45, 2.75) is 33.0 Å². The van der Waals surface area contributed by atoms with Crippen molar-refractivity contribution >= 4 is 11.9 Å². The molecule has 1 rings (SSSR count). The Hall–Kier alpha value is -2.25. The number of aliphatic carboxylic acids is 1. The lowest BCUT2D eigenvalue weighted by Crippen LogP contribution is -2.38. The predicted octanol–water partition coefficient (Wildman–Crippen LogP) is 3.09. The third-order valence-electron chi connectivity index (χ3n) is 3.49. The number of alkyl halides is 3. The van der Waals surface area contributed by atoms with Crippen LogP contribution in [0.25, 0.3) is 0 Å². The van der Waals surface area contributed by atoms with E-state index in [0.29, 0.717) is 11.3 Å². The lowest BCUT2D eigenvalue weighted by molar-refractivity contribution is -0.215. The van der Waals surface area contributed by atoms with Gasteiger partial charge in [-0.05, 0) is 17.7 Å². The Morgan fingerprint density at radius 1 is 1.17 bits per heavy atom. The number of halogens is 3. The molecule has 5 nitrogen and oxygen atoms in total. The number of carbonyl (C=O) groups is 2. The highest BCUT2D eigenvalue weighted by molar-refractivity contribution is 5.76. The summed E-state index contributed by atoms with van der Waals surface area (Å²) in [6.45, 7) is 1.66. The van der Waals surface area contributed by atoms with E-state index in [-0.39, 0.29) is 6.54 Å². The highest BCUT2D eigenvalue weighted by atomic mass is 19.4. The molecule has 0 saturated carbocycles. The Morgan fingerprint density at radius 2 is 1.71 bits per heavy atom. The van der Waals surface area contributed by atoms with Gasteiger partial charge in [-0.15, -0.1) is 0 Å². The molecule has 0 atom stereocenters. The highest BCUT2D eigenvalue weighted by Gasteiger charge is 2.48. The number of carboxylic acids is 1. The van der Waals surface area contributed by atoms with Crippen molar-refractivity contribution < 1.29 is 32.6 Å². The summed E-state index contributed by atoms with van der Waals surface area (Å²) in [6.07, 6.45) is -5.08. The van der Waals surface area contributed by atoms with Gasteiger partial charge in [0.1, 0.15) is 5.75 Å². The zero-order valence-corrected chi connectivity index (χ0v) is 13.7. The van der Waals surface area contributed by atoms with Crippen LogP contribution in [0.2, 0.25) is 0 Å². The zero-order valence-electron chi connectivity index (χ0n) is 13.7. The second-order valence-electron chi connectivity index (χ2n) is 6.13. The summed E-state index contributed by atoms with van der Waals surface area (Å²) in [5.41, 5.74) is -1.40. The van der Waals surface area contributed by atoms with Gasteiger partial charge in [0.05, 0.1) is 5.41 Å². The van der Waals surface area contributed by atoms with Crippen LogP contribution in [0.5, 0.6) is 5.75 Å². The Balaban J connectivity index is 2.62. The maximum Gasteiger partial charge on any atom is 0.394 e. The third kappa shape index (κ3) is 5.75. The van der Waals surface area contributed by atoms with Gasteiger partial charge in [-0.3, -0.25) is 4.79 Å². The third-order valence-corrected chi connectivity index (χ3v) is 3.49. The second kappa shape index (κ2) is 7.55. The van der Waals surface area contributed by atoms with Crippen molar-refractivity contribution in [3.05, 3.63) is 29.8 Å². The van der Waals surface area contributed by atoms with Crippen LogP contribution in [0.1, 0.15) is 25.8 Å². The number of nitrogens with zero attached hydrogens (tertiary/aromatic N) is 1. The first-order valence-corrected chi connectivity index (χ1v) is 7.16. The van der Waals surface area contributed by atoms with Crippen LogP contribution in [0.3, 0.4) is 0 Å². The molecule has 0 aliphatic heterocycles. The van der Waals surface area contributed by atoms with Crippen LogP contribution in [0.4, 0.5) is 13.2 Å². The van der Waals surface area contributed by atoms with Crippen molar-refractivity contribution in [1.29, 1.82) is 0 Å². The van der Waals surface area contributed by atoms with Crippen LogP contribution in [-0.2, 0) is 16.1 Å². The van der Waals surface area contributed by atoms with Crippen LogP contribution in [0, 0.1) is 5.41 Å². The molecular weight excluding hydrogens is 327 g/mol. The summed E-state index contributed by atoms with van der Waals surface area (Å²) in [5.74, 6) is -1.35. The maximum atomic E-state index is 12.8. The number of carbonyl (C=O) groups excluding carboxylic acids is 1. The first kappa shape index (κ1) is 19.8. The first-order valence-electron chi connectivity index (χ1n) is 7.16. The molecule has 1 aromatic carbocycles. The number of carboxylic acid groups (broad SMARTS) is 1. The van der Waals surface area contributed by atoms with Crippen LogP contribution >= 0.6 is 0 Å². The van der Waals surface area contributed by atoms with Gasteiger partial charge in [-0.1, -0.05) is 26.0 Å². The molecule has 8 heteroatoms. The summed E-state index contributed by atoms with van der Waals surface area (Å²) >= 11 is 0. The summed E-state index contributed by atoms with van der Waals surface area (Å²) in [7, 11) is 1.43. The Morgan fingerprint density at radius 3 is 2.17 bits per heavy atom. The summed E-state index contributed by atoms with van der Waals surface area (Å²) in [4.78, 5) is 23.6. The Bertz CT molecular complexity index is 582. The topological polar surface area (TPSA) is 66.8 Å². The van der Waals surface area contributed by atoms with Crippen LogP contribution < -0.4 is 4.74 Å². The highest BCUT2D eigenvalue weighted by Crippen LogP contribution is 2.40. The predicted molar refractivity (Wildman–Crippen MR) is 80.5 cm³/mol. The Kier molecular flexibility index (Phi) is 6.22. The van der Waals surface area contributed by atoms with Crippen molar-refractivity contribution in [3.8, 4) is 5.75 Å². The molecule has 0 spiro atoms. The van der Waals surface area contributed by atoms with Gasteiger partial charge in [0.2, 0.25) is 5.91 Å². The van der Waals surface area contributed by atoms with E-state index in [9.17, 15) is 22.8 Å². The zero-order chi connectivity index (χ0) is 18.5. The van der Waals surface area contributed by atoms with Crippen LogP contribution in [0.15, 0.2) is 24.3 Å². The molecule has 0 aliphatic carbocycles. The molecule has 0 aromatic heterocycles. The molecule has 1 N–H and O–H groups in total. The fourth-order valence-corrected chi connectivity index (χ4v) is 1.81. The number of benzene rings is 1. The molecule has 0 bridgehead atoms. The van der Waals surface area contributed by atoms with Gasteiger partial charge in [0, 0.05) is 20.0 Å². The number of hydrogen-bond donors (Lipinski definition) is 1. The van der Waals surface area contributed by atoms with Gasteiger partial charge < -0.3 is 14.7 Å². The van der Waals surface area contributed by atoms with E-state index >= 15 is 0 Å². The molecule has 0 aliphatic rings. The molecule has 24 heavy (non-hydrogen) atoms. The van der Waals surface area contributed by atoms with Crippen LogP contribution in [-0.4, -0.2) is 41.7 Å². The number of ether oxygens (including phenoxy) is 1. The normalized spacial score (nSPS) is 11.9. The molecule has 1 aromatic rings. The molecule has 134 valence electrons. The number of amides is 1. The van der Waals surface area contributed by atoms with Crippen molar-refractivity contribution in [1.82, 2.24) is 4.90 Å². The Labute approximate surface area is 138 Å². The van der Waals surface area contributed by atoms with E-state index < -0.39 is 36.5 Å². The van der Waals surface area contributed by atoms with Gasteiger partial charge in [-0.25, -0.2) is 4.79 Å². The van der Waals surface area contributed by atoms with Crippen molar-refractivity contribution in [2.24, 2.45) is 5.41 Å². The molecule has 0 heterocycles. The minimum absolute atomic E-state index is 0.145. The SMILES string of the molecule is CN(Cc1ccc(OCC(=O)O)cc1)C(=O)CC(C)(C)C(F)(F)F. The fourth-order valence-electron chi connectivity index (χ4n) is 1.81. The maximum absolute atomic E-state index is 12.8. The molecule has 0 unspecified atom stereocenters. The van der Waals surface area contributed by atoms with E-state index in [1.54, 1.807) is 12.1 Å². The van der Waals surface area contributed by atoms with Gasteiger partial charge in [0.25, 0.3) is 0 Å². The van der Waals surface area contributed by atoms with E-state index in [1.807, 2.05) is 0 Å². The van der Waals surface area contributed by atoms with E-state index in [2.05, 4.69) is 0 Å². The fraction of sp³-hybridized carbons (Fsp3) is 0.500. The monoisotopic (exact) mass is 347 g/mol. The first-order chi connectivity index (χ1) is 10.9. The van der Waals surface area contributed by atoms with Crippen molar-refractivity contribution in [3.63, 3.8) is 0 Å². The molecule has 0 saturated heterocycles. The standard InChI is InChI=1S/C16H20F3NO4/c1-15(2,16(17,18)19)8-13(21)20(3)9-11-4-6-12(7-5-11)24-10-14(22)23/h4-7H,8-10H2,1-3H3,(H,22,23). The second-order valence-corrected chi connectivity index (χ2v) is 6.13. The summed E-state index contributed by atoms with van der Waals surface area (Å²) in [6, 6.07) is 6.32. The summed E-state index contributed by atoms with van der Waals surface area (Å²) in [5, 5.41) is 8.51. The van der Waals surface area contributed by atoms with Gasteiger partial charge in [0.15, 0.2) is 6.61 Å². The minimum Gasteiger partial charge on any atom is -0.482 e. The smallest absolute Gasteiger partial charge is 0.394 e. The molecule has 0 radical (unpaired) electrons. The number of rotatable bonds is 7. The van der Waals surface area contributed by atoms with E-state index in [1.165, 1.54) is 24.1 Å². The van der Waals surface area contributed by atoms with Gasteiger partial charge in [-0.2, -0.15) is 13.2 Å². The molecule has 1 amide bonds. The quantitative estimate of drug-likeness (QED) is 0.823.